The van der Waals surface area contributed by atoms with Crippen LogP contribution in [0.3, 0.4) is 0 Å². The Morgan fingerprint density at radius 3 is 1.87 bits per heavy atom. The highest BCUT2D eigenvalue weighted by Gasteiger charge is 2.39. The molecule has 0 spiro atoms. The lowest BCUT2D eigenvalue weighted by atomic mass is 9.88. The van der Waals surface area contributed by atoms with Crippen LogP contribution in [0.5, 0.6) is 0 Å². The van der Waals surface area contributed by atoms with Crippen LogP contribution in [-0.4, -0.2) is 36.9 Å². The van der Waals surface area contributed by atoms with Gasteiger partial charge in [-0.25, -0.2) is 9.59 Å². The predicted octanol–water partition coefficient (Wildman–Crippen LogP) is 3.58. The summed E-state index contributed by atoms with van der Waals surface area (Å²) in [6.07, 6.45) is 1.67. The number of ether oxygens (including phenoxy) is 3. The molecule has 0 aromatic heterocycles. The molecule has 132 valence electrons. The number of esters is 2. The van der Waals surface area contributed by atoms with Crippen LogP contribution in [0.15, 0.2) is 24.3 Å². The lowest BCUT2D eigenvalue weighted by Gasteiger charge is -2.38. The molecule has 0 aromatic carbocycles. The third-order valence-electron chi connectivity index (χ3n) is 3.78. The van der Waals surface area contributed by atoms with Crippen molar-refractivity contribution in [3.05, 3.63) is 24.3 Å². The van der Waals surface area contributed by atoms with Crippen LogP contribution >= 0.6 is 0 Å². The van der Waals surface area contributed by atoms with Crippen LogP contribution in [0, 0.1) is 0 Å². The van der Waals surface area contributed by atoms with Gasteiger partial charge >= 0.3 is 11.9 Å². The molecule has 0 radical (unpaired) electrons. The van der Waals surface area contributed by atoms with E-state index in [1.165, 1.54) is 0 Å². The number of hydrogen-bond acceptors (Lipinski definition) is 5. The van der Waals surface area contributed by atoms with E-state index in [0.717, 1.165) is 0 Å². The molecular formula is C18H30O5. The Bertz CT molecular complexity index is 435. The Hall–Kier alpha value is -1.62. The van der Waals surface area contributed by atoms with Crippen molar-refractivity contribution >= 4 is 11.9 Å². The zero-order valence-electron chi connectivity index (χ0n) is 15.1. The van der Waals surface area contributed by atoms with Crippen molar-refractivity contribution in [1.82, 2.24) is 0 Å². The second-order valence-electron chi connectivity index (χ2n) is 5.63. The molecule has 0 aliphatic rings. The largest absolute Gasteiger partial charge is 0.460 e. The summed E-state index contributed by atoms with van der Waals surface area (Å²) in [7, 11) is 0. The van der Waals surface area contributed by atoms with E-state index in [1.807, 2.05) is 20.8 Å². The van der Waals surface area contributed by atoms with Gasteiger partial charge in [0.05, 0.1) is 12.7 Å². The Balaban J connectivity index is 4.78. The maximum absolute atomic E-state index is 11.9. The third kappa shape index (κ3) is 6.57. The van der Waals surface area contributed by atoms with Gasteiger partial charge in [-0.2, -0.15) is 0 Å². The minimum atomic E-state index is -0.705. The van der Waals surface area contributed by atoms with Crippen LogP contribution < -0.4 is 0 Å². The summed E-state index contributed by atoms with van der Waals surface area (Å²) in [6.45, 7) is 16.6. The van der Waals surface area contributed by atoms with Crippen molar-refractivity contribution in [2.75, 3.05) is 13.2 Å². The van der Waals surface area contributed by atoms with E-state index >= 15 is 0 Å². The first kappa shape index (κ1) is 21.4. The van der Waals surface area contributed by atoms with Crippen molar-refractivity contribution in [2.45, 2.75) is 65.6 Å². The predicted molar refractivity (Wildman–Crippen MR) is 90.0 cm³/mol. The monoisotopic (exact) mass is 326 g/mol. The van der Waals surface area contributed by atoms with E-state index in [4.69, 9.17) is 14.2 Å². The fourth-order valence-corrected chi connectivity index (χ4v) is 2.28. The van der Waals surface area contributed by atoms with Gasteiger partial charge in [-0.3, -0.25) is 0 Å². The van der Waals surface area contributed by atoms with Crippen molar-refractivity contribution in [1.29, 1.82) is 0 Å². The molecule has 5 heteroatoms. The van der Waals surface area contributed by atoms with E-state index in [-0.39, 0.29) is 19.3 Å². The van der Waals surface area contributed by atoms with Gasteiger partial charge in [0.15, 0.2) is 0 Å². The maximum atomic E-state index is 11.9. The fraction of sp³-hybridized carbons (Fsp3) is 0.667. The highest BCUT2D eigenvalue weighted by Crippen LogP contribution is 2.30. The highest BCUT2D eigenvalue weighted by molar-refractivity contribution is 5.87. The molecule has 0 aliphatic carbocycles. The standard InChI is InChI=1S/C18H30O5/c1-8-15(21-11-12-22-16(19)13(4)5)18(9-2,10-3)23-17(20)14(6)7/h15H,4,6,8-12H2,1-3,5,7H3. The van der Waals surface area contributed by atoms with Gasteiger partial charge in [-0.15, -0.1) is 0 Å². The zero-order chi connectivity index (χ0) is 18.0. The topological polar surface area (TPSA) is 61.8 Å². The van der Waals surface area contributed by atoms with E-state index in [0.29, 0.717) is 30.4 Å². The van der Waals surface area contributed by atoms with Gasteiger partial charge in [0.25, 0.3) is 0 Å². The summed E-state index contributed by atoms with van der Waals surface area (Å²) in [4.78, 5) is 23.3. The molecule has 0 fully saturated rings. The second kappa shape index (κ2) is 10.2. The Morgan fingerprint density at radius 1 is 0.957 bits per heavy atom. The number of carbonyl (C=O) groups excluding carboxylic acids is 2. The molecule has 1 unspecified atom stereocenters. The van der Waals surface area contributed by atoms with Gasteiger partial charge in [0, 0.05) is 11.1 Å². The summed E-state index contributed by atoms with van der Waals surface area (Å²) in [5.74, 6) is -0.850. The number of hydrogen-bond donors (Lipinski definition) is 0. The van der Waals surface area contributed by atoms with E-state index in [9.17, 15) is 9.59 Å². The van der Waals surface area contributed by atoms with Crippen LogP contribution in [0.4, 0.5) is 0 Å². The molecule has 0 aromatic rings. The second-order valence-corrected chi connectivity index (χ2v) is 5.63. The average Bonchev–Trinajstić information content (AvgIpc) is 2.52. The first-order valence-electron chi connectivity index (χ1n) is 8.07. The van der Waals surface area contributed by atoms with Crippen molar-refractivity contribution < 1.29 is 23.8 Å². The molecular weight excluding hydrogens is 296 g/mol. The van der Waals surface area contributed by atoms with Crippen molar-refractivity contribution in [2.24, 2.45) is 0 Å². The van der Waals surface area contributed by atoms with Crippen molar-refractivity contribution in [3.8, 4) is 0 Å². The first-order chi connectivity index (χ1) is 10.7. The Morgan fingerprint density at radius 2 is 1.48 bits per heavy atom. The zero-order valence-corrected chi connectivity index (χ0v) is 15.1. The molecule has 1 atom stereocenters. The molecule has 5 nitrogen and oxygen atoms in total. The number of carbonyl (C=O) groups is 2. The van der Waals surface area contributed by atoms with Crippen LogP contribution in [0.1, 0.15) is 53.9 Å². The van der Waals surface area contributed by atoms with Crippen LogP contribution in [-0.2, 0) is 23.8 Å². The quantitative estimate of drug-likeness (QED) is 0.330. The molecule has 0 heterocycles. The first-order valence-corrected chi connectivity index (χ1v) is 8.07. The van der Waals surface area contributed by atoms with E-state index < -0.39 is 17.5 Å². The smallest absolute Gasteiger partial charge is 0.333 e. The minimum absolute atomic E-state index is 0.139. The van der Waals surface area contributed by atoms with E-state index in [2.05, 4.69) is 13.2 Å². The summed E-state index contributed by atoms with van der Waals surface area (Å²) in [5.41, 5.74) is 0.00813. The summed E-state index contributed by atoms with van der Waals surface area (Å²) >= 11 is 0. The normalized spacial score (nSPS) is 12.4. The number of rotatable bonds is 11. The molecule has 23 heavy (non-hydrogen) atoms. The SMILES string of the molecule is C=C(C)C(=O)OCCOC(CC)C(CC)(CC)OC(=O)C(=C)C. The minimum Gasteiger partial charge on any atom is -0.460 e. The van der Waals surface area contributed by atoms with Gasteiger partial charge < -0.3 is 14.2 Å². The Labute approximate surface area is 139 Å². The van der Waals surface area contributed by atoms with Gasteiger partial charge in [-0.05, 0) is 33.1 Å². The van der Waals surface area contributed by atoms with Gasteiger partial charge in [0.1, 0.15) is 12.2 Å². The molecule has 0 saturated heterocycles. The molecule has 0 bridgehead atoms. The summed E-state index contributed by atoms with van der Waals surface area (Å²) < 4.78 is 16.5. The Kier molecular flexibility index (Phi) is 9.49. The van der Waals surface area contributed by atoms with Gasteiger partial charge in [0.2, 0.25) is 0 Å². The fourth-order valence-electron chi connectivity index (χ4n) is 2.28. The van der Waals surface area contributed by atoms with Gasteiger partial charge in [-0.1, -0.05) is 33.9 Å². The molecule has 0 rings (SSSR count). The molecule has 0 amide bonds. The highest BCUT2D eigenvalue weighted by atomic mass is 16.6. The third-order valence-corrected chi connectivity index (χ3v) is 3.78. The van der Waals surface area contributed by atoms with Crippen molar-refractivity contribution in [3.63, 3.8) is 0 Å². The van der Waals surface area contributed by atoms with E-state index in [1.54, 1.807) is 13.8 Å². The average molecular weight is 326 g/mol. The lowest BCUT2D eigenvalue weighted by Crippen LogP contribution is -2.47. The molecule has 0 saturated carbocycles. The van der Waals surface area contributed by atoms with Crippen LogP contribution in [0.25, 0.3) is 0 Å². The van der Waals surface area contributed by atoms with Crippen LogP contribution in [0.2, 0.25) is 0 Å². The maximum Gasteiger partial charge on any atom is 0.333 e. The summed E-state index contributed by atoms with van der Waals surface area (Å²) in [5, 5.41) is 0. The molecule has 0 N–H and O–H groups in total. The lowest BCUT2D eigenvalue weighted by molar-refractivity contribution is -0.179. The summed E-state index contributed by atoms with van der Waals surface area (Å²) in [6, 6.07) is 0. The molecule has 0 aliphatic heterocycles.